The molecule has 0 amide bonds. The molecule has 2 aromatic carbocycles. The minimum atomic E-state index is -4.95. The fraction of sp³-hybridized carbons (Fsp3) is 0.250. The number of sulfonamides is 2. The molecule has 0 heterocycles. The molecule has 0 aliphatic carbocycles. The van der Waals surface area contributed by atoms with Crippen molar-refractivity contribution in [2.24, 2.45) is 0 Å². The SMILES string of the molecule is Cc1ccccc1C(CF)N(S(C)(=O)=O)S(=O)(=O)c1ccccc1[N+](=O)[O-]. The Kier molecular flexibility index (Phi) is 5.97. The molecule has 0 aromatic heterocycles. The molecule has 0 saturated heterocycles. The van der Waals surface area contributed by atoms with Crippen LogP contribution in [0.25, 0.3) is 0 Å². The van der Waals surface area contributed by atoms with E-state index in [0.717, 1.165) is 12.1 Å². The molecule has 0 bridgehead atoms. The molecular formula is C16H17FN2O6S2. The monoisotopic (exact) mass is 416 g/mol. The summed E-state index contributed by atoms with van der Waals surface area (Å²) >= 11 is 0. The highest BCUT2D eigenvalue weighted by Crippen LogP contribution is 2.35. The molecule has 1 atom stereocenters. The van der Waals surface area contributed by atoms with Crippen LogP contribution < -0.4 is 0 Å². The molecule has 146 valence electrons. The zero-order valence-corrected chi connectivity index (χ0v) is 16.1. The zero-order valence-electron chi connectivity index (χ0n) is 14.4. The molecule has 0 spiro atoms. The molecule has 0 fully saturated rings. The van der Waals surface area contributed by atoms with Gasteiger partial charge in [-0.2, -0.15) is 0 Å². The maximum absolute atomic E-state index is 13.9. The summed E-state index contributed by atoms with van der Waals surface area (Å²) in [6.07, 6.45) is 0.611. The van der Waals surface area contributed by atoms with Crippen LogP contribution in [0.5, 0.6) is 0 Å². The van der Waals surface area contributed by atoms with Gasteiger partial charge >= 0.3 is 0 Å². The van der Waals surface area contributed by atoms with Crippen molar-refractivity contribution in [2.45, 2.75) is 17.9 Å². The lowest BCUT2D eigenvalue weighted by Gasteiger charge is -2.28. The van der Waals surface area contributed by atoms with Gasteiger partial charge in [0.1, 0.15) is 6.67 Å². The molecule has 0 aliphatic heterocycles. The maximum Gasteiger partial charge on any atom is 0.289 e. The van der Waals surface area contributed by atoms with Gasteiger partial charge in [0.05, 0.1) is 17.2 Å². The second-order valence-corrected chi connectivity index (χ2v) is 9.62. The number of para-hydroxylation sites is 1. The van der Waals surface area contributed by atoms with E-state index in [1.54, 1.807) is 19.1 Å². The van der Waals surface area contributed by atoms with Crippen LogP contribution in [0.2, 0.25) is 0 Å². The summed E-state index contributed by atoms with van der Waals surface area (Å²) in [4.78, 5) is 9.44. The highest BCUT2D eigenvalue weighted by Gasteiger charge is 2.43. The first-order valence-corrected chi connectivity index (χ1v) is 10.9. The number of halogens is 1. The van der Waals surface area contributed by atoms with E-state index in [0.29, 0.717) is 11.8 Å². The van der Waals surface area contributed by atoms with Gasteiger partial charge in [0.15, 0.2) is 4.90 Å². The van der Waals surface area contributed by atoms with Crippen LogP contribution in [-0.4, -0.2) is 38.4 Å². The molecule has 8 nitrogen and oxygen atoms in total. The molecular weight excluding hydrogens is 399 g/mol. The summed E-state index contributed by atoms with van der Waals surface area (Å²) in [7, 11) is -9.45. The first kappa shape index (κ1) is 20.9. The predicted molar refractivity (Wildman–Crippen MR) is 96.9 cm³/mol. The van der Waals surface area contributed by atoms with Gasteiger partial charge in [0, 0.05) is 6.07 Å². The van der Waals surface area contributed by atoms with Crippen molar-refractivity contribution in [1.29, 1.82) is 0 Å². The van der Waals surface area contributed by atoms with Crippen LogP contribution in [0.4, 0.5) is 10.1 Å². The van der Waals surface area contributed by atoms with Gasteiger partial charge < -0.3 is 0 Å². The molecule has 11 heteroatoms. The van der Waals surface area contributed by atoms with Gasteiger partial charge in [0.25, 0.3) is 15.7 Å². The Morgan fingerprint density at radius 1 is 1.07 bits per heavy atom. The number of nitro groups is 1. The van der Waals surface area contributed by atoms with E-state index < -0.39 is 48.3 Å². The standard InChI is InChI=1S/C16H17FN2O6S2/c1-12-7-3-4-8-13(12)15(11-17)19(26(2,22)23)27(24,25)16-10-6-5-9-14(16)18(20)21/h3-10,15H,11H2,1-2H3. The summed E-state index contributed by atoms with van der Waals surface area (Å²) in [6.45, 7) is 0.244. The third-order valence-electron chi connectivity index (χ3n) is 3.85. The van der Waals surface area contributed by atoms with Crippen LogP contribution in [0.3, 0.4) is 0 Å². The van der Waals surface area contributed by atoms with Gasteiger partial charge in [-0.1, -0.05) is 40.1 Å². The Labute approximate surface area is 156 Å². The lowest BCUT2D eigenvalue weighted by molar-refractivity contribution is -0.387. The van der Waals surface area contributed by atoms with Crippen molar-refractivity contribution in [2.75, 3.05) is 12.9 Å². The highest BCUT2D eigenvalue weighted by atomic mass is 32.3. The molecule has 1 unspecified atom stereocenters. The van der Waals surface area contributed by atoms with Crippen LogP contribution in [0.1, 0.15) is 17.2 Å². The number of benzene rings is 2. The summed E-state index contributed by atoms with van der Waals surface area (Å²) in [5.41, 5.74) is -0.173. The molecule has 0 aliphatic rings. The van der Waals surface area contributed by atoms with Gasteiger partial charge in [-0.25, -0.2) is 21.2 Å². The summed E-state index contributed by atoms with van der Waals surface area (Å²) in [6, 6.07) is 8.77. The van der Waals surface area contributed by atoms with E-state index in [1.165, 1.54) is 24.3 Å². The second-order valence-electron chi connectivity index (χ2n) is 5.74. The van der Waals surface area contributed by atoms with Gasteiger partial charge in [-0.05, 0) is 24.1 Å². The molecule has 0 radical (unpaired) electrons. The number of hydrogen-bond donors (Lipinski definition) is 0. The Bertz CT molecular complexity index is 1070. The Morgan fingerprint density at radius 3 is 2.15 bits per heavy atom. The lowest BCUT2D eigenvalue weighted by atomic mass is 10.0. The molecule has 27 heavy (non-hydrogen) atoms. The molecule has 2 rings (SSSR count). The van der Waals surface area contributed by atoms with Crippen molar-refractivity contribution < 1.29 is 26.1 Å². The van der Waals surface area contributed by atoms with Crippen LogP contribution >= 0.6 is 0 Å². The van der Waals surface area contributed by atoms with E-state index in [-0.39, 0.29) is 9.27 Å². The largest absolute Gasteiger partial charge is 0.289 e. The second kappa shape index (κ2) is 7.71. The number of nitro benzene ring substituents is 1. The summed E-state index contributed by atoms with van der Waals surface area (Å²) in [5.74, 6) is 0. The van der Waals surface area contributed by atoms with Crippen LogP contribution in [0.15, 0.2) is 53.4 Å². The molecule has 0 saturated carbocycles. The van der Waals surface area contributed by atoms with Crippen LogP contribution in [-0.2, 0) is 20.0 Å². The third-order valence-corrected chi connectivity index (χ3v) is 7.79. The van der Waals surface area contributed by atoms with Gasteiger partial charge in [-0.15, -0.1) is 0 Å². The predicted octanol–water partition coefficient (Wildman–Crippen LogP) is 2.56. The Hall–Kier alpha value is -2.37. The number of nitrogens with zero attached hydrogens (tertiary/aromatic N) is 2. The summed E-state index contributed by atoms with van der Waals surface area (Å²) in [5, 5.41) is 11.2. The number of alkyl halides is 1. The van der Waals surface area contributed by atoms with Gasteiger partial charge in [-0.3, -0.25) is 10.1 Å². The van der Waals surface area contributed by atoms with Crippen LogP contribution in [0, 0.1) is 17.0 Å². The van der Waals surface area contributed by atoms with E-state index in [1.807, 2.05) is 0 Å². The first-order chi connectivity index (χ1) is 12.5. The number of aryl methyl sites for hydroxylation is 1. The molecule has 0 N–H and O–H groups in total. The Morgan fingerprint density at radius 2 is 1.63 bits per heavy atom. The third kappa shape index (κ3) is 4.15. The number of hydrogen-bond acceptors (Lipinski definition) is 6. The van der Waals surface area contributed by atoms with E-state index in [4.69, 9.17) is 0 Å². The number of rotatable bonds is 7. The van der Waals surface area contributed by atoms with Crippen molar-refractivity contribution in [3.63, 3.8) is 0 Å². The topological polar surface area (TPSA) is 115 Å². The summed E-state index contributed by atoms with van der Waals surface area (Å²) < 4.78 is 64.7. The molecule has 2 aromatic rings. The van der Waals surface area contributed by atoms with Crippen molar-refractivity contribution in [1.82, 2.24) is 3.71 Å². The first-order valence-electron chi connectivity index (χ1n) is 7.61. The lowest BCUT2D eigenvalue weighted by Crippen LogP contribution is -2.40. The normalized spacial score (nSPS) is 13.5. The highest BCUT2D eigenvalue weighted by molar-refractivity contribution is 8.03. The smallest absolute Gasteiger partial charge is 0.258 e. The minimum Gasteiger partial charge on any atom is -0.258 e. The van der Waals surface area contributed by atoms with E-state index in [2.05, 4.69) is 0 Å². The average Bonchev–Trinajstić information content (AvgIpc) is 2.59. The zero-order chi connectivity index (χ0) is 20.4. The van der Waals surface area contributed by atoms with Crippen molar-refractivity contribution in [3.8, 4) is 0 Å². The fourth-order valence-electron chi connectivity index (χ4n) is 2.71. The maximum atomic E-state index is 13.9. The fourth-order valence-corrected chi connectivity index (χ4v) is 6.37. The van der Waals surface area contributed by atoms with Crippen molar-refractivity contribution >= 4 is 25.7 Å². The average molecular weight is 416 g/mol. The van der Waals surface area contributed by atoms with Gasteiger partial charge in [0.2, 0.25) is 10.0 Å². The van der Waals surface area contributed by atoms with E-state index >= 15 is 0 Å². The quantitative estimate of drug-likeness (QED) is 0.506. The van der Waals surface area contributed by atoms with E-state index in [9.17, 15) is 31.3 Å². The minimum absolute atomic E-state index is 0.00463. The van der Waals surface area contributed by atoms with Crippen molar-refractivity contribution in [3.05, 3.63) is 69.8 Å². The Balaban J connectivity index is 2.78.